The lowest BCUT2D eigenvalue weighted by Gasteiger charge is -1.94. The summed E-state index contributed by atoms with van der Waals surface area (Å²) in [6, 6.07) is 0. The van der Waals surface area contributed by atoms with Crippen LogP contribution in [0, 0.1) is 0 Å². The van der Waals surface area contributed by atoms with Gasteiger partial charge in [0.2, 0.25) is 0 Å². The van der Waals surface area contributed by atoms with Crippen LogP contribution >= 0.6 is 12.6 Å². The summed E-state index contributed by atoms with van der Waals surface area (Å²) < 4.78 is 0. The van der Waals surface area contributed by atoms with E-state index in [4.69, 9.17) is 5.11 Å². The summed E-state index contributed by atoms with van der Waals surface area (Å²) in [5.74, 6) is -1.18. The third-order valence-electron chi connectivity index (χ3n) is 1.19. The molecule has 68 valence electrons. The second-order valence-electron chi connectivity index (χ2n) is 2.36. The Balaban J connectivity index is 3.44. The van der Waals surface area contributed by atoms with E-state index < -0.39 is 11.1 Å². The molecular weight excluding hydrogens is 180 g/mol. The molecule has 0 saturated heterocycles. The zero-order valence-electron chi connectivity index (χ0n) is 6.45. The lowest BCUT2D eigenvalue weighted by molar-refractivity contribution is -0.137. The highest BCUT2D eigenvalue weighted by molar-refractivity contribution is 7.96. The van der Waals surface area contributed by atoms with Crippen molar-refractivity contribution in [1.29, 1.82) is 0 Å². The van der Waals surface area contributed by atoms with Crippen LogP contribution in [0.1, 0.15) is 25.7 Å². The minimum Gasteiger partial charge on any atom is -0.481 e. The van der Waals surface area contributed by atoms with Gasteiger partial charge in [0.1, 0.15) is 5.78 Å². The van der Waals surface area contributed by atoms with Crippen LogP contribution in [0.25, 0.3) is 0 Å². The predicted octanol–water partition coefficient (Wildman–Crippen LogP) is 0.657. The number of aliphatic carboxylic acids is 1. The fraction of sp³-hybridized carbons (Fsp3) is 0.571. The van der Waals surface area contributed by atoms with Crippen LogP contribution in [-0.2, 0) is 14.4 Å². The molecule has 0 heterocycles. The molecule has 0 radical (unpaired) electrons. The second-order valence-corrected chi connectivity index (χ2v) is 2.86. The molecule has 0 rings (SSSR count). The number of hydrogen-bond acceptors (Lipinski definition) is 3. The van der Waals surface area contributed by atoms with Gasteiger partial charge >= 0.3 is 5.97 Å². The first-order valence-corrected chi connectivity index (χ1v) is 3.92. The molecule has 4 nitrogen and oxygen atoms in total. The Morgan fingerprint density at radius 1 is 1.17 bits per heavy atom. The third kappa shape index (κ3) is 7.27. The molecule has 0 bridgehead atoms. The Morgan fingerprint density at radius 3 is 2.17 bits per heavy atom. The number of Topliss-reactive ketones (excluding diaryl/α,β-unsaturated/α-hetero) is 1. The van der Waals surface area contributed by atoms with Crippen LogP contribution in [0.5, 0.6) is 0 Å². The molecule has 0 spiro atoms. The lowest BCUT2D eigenvalue weighted by Crippen LogP contribution is -2.04. The minimum absolute atomic E-state index is 0.0352. The van der Waals surface area contributed by atoms with E-state index in [1.165, 1.54) is 0 Å². The summed E-state index contributed by atoms with van der Waals surface area (Å²) in [5.41, 5.74) is 0. The number of carbonyl (C=O) groups excluding carboxylic acids is 2. The van der Waals surface area contributed by atoms with Gasteiger partial charge in [0.25, 0.3) is 0 Å². The maximum Gasteiger partial charge on any atom is 0.303 e. The van der Waals surface area contributed by atoms with Crippen molar-refractivity contribution in [2.45, 2.75) is 25.7 Å². The first-order chi connectivity index (χ1) is 5.52. The second kappa shape index (κ2) is 5.77. The van der Waals surface area contributed by atoms with E-state index in [9.17, 15) is 14.4 Å². The van der Waals surface area contributed by atoms with Crippen molar-refractivity contribution in [3.8, 4) is 0 Å². The third-order valence-corrected chi connectivity index (χ3v) is 1.35. The number of rotatable bonds is 6. The van der Waals surface area contributed by atoms with Gasteiger partial charge < -0.3 is 5.11 Å². The fourth-order valence-electron chi connectivity index (χ4n) is 0.694. The van der Waals surface area contributed by atoms with Crippen molar-refractivity contribution < 1.29 is 19.5 Å². The summed E-state index contributed by atoms with van der Waals surface area (Å²) in [4.78, 5) is 31.1. The number of hydrogen-bond donors (Lipinski definition) is 2. The zero-order valence-corrected chi connectivity index (χ0v) is 7.34. The number of ketones is 1. The van der Waals surface area contributed by atoms with Crippen LogP contribution in [0.4, 0.5) is 0 Å². The van der Waals surface area contributed by atoms with Crippen LogP contribution in [0.2, 0.25) is 0 Å². The largest absolute Gasteiger partial charge is 0.481 e. The summed E-state index contributed by atoms with van der Waals surface area (Å²) >= 11 is 3.42. The number of carbonyl (C=O) groups is 3. The highest BCUT2D eigenvalue weighted by Crippen LogP contribution is 2.00. The van der Waals surface area contributed by atoms with E-state index in [2.05, 4.69) is 12.6 Å². The van der Waals surface area contributed by atoms with Gasteiger partial charge in [-0.25, -0.2) is 0 Å². The average Bonchev–Trinajstić information content (AvgIpc) is 1.84. The normalized spacial score (nSPS) is 9.42. The first kappa shape index (κ1) is 11.2. The van der Waals surface area contributed by atoms with Crippen LogP contribution in [-0.4, -0.2) is 22.0 Å². The molecule has 0 atom stereocenters. The van der Waals surface area contributed by atoms with E-state index in [0.717, 1.165) is 0 Å². The van der Waals surface area contributed by atoms with Crippen molar-refractivity contribution in [2.24, 2.45) is 0 Å². The molecule has 1 N–H and O–H groups in total. The Kier molecular flexibility index (Phi) is 5.36. The lowest BCUT2D eigenvalue weighted by atomic mass is 10.1. The van der Waals surface area contributed by atoms with Gasteiger partial charge in [0.15, 0.2) is 5.12 Å². The van der Waals surface area contributed by atoms with Gasteiger partial charge in [-0.3, -0.25) is 14.4 Å². The Hall–Kier alpha value is -0.840. The van der Waals surface area contributed by atoms with E-state index in [0.29, 0.717) is 0 Å². The zero-order chi connectivity index (χ0) is 9.56. The van der Waals surface area contributed by atoms with Crippen molar-refractivity contribution in [2.75, 3.05) is 0 Å². The molecule has 0 fully saturated rings. The maximum absolute atomic E-state index is 10.8. The highest BCUT2D eigenvalue weighted by atomic mass is 32.1. The number of carboxylic acid groups (broad SMARTS) is 1. The molecule has 0 aromatic heterocycles. The average molecular weight is 190 g/mol. The van der Waals surface area contributed by atoms with Crippen LogP contribution in [0.15, 0.2) is 0 Å². The standard InChI is InChI=1S/C7H10O4S/c8-5(4-7(11)12)2-1-3-6(9)10/h1-4H2,(H,9,10)(H,11,12). The van der Waals surface area contributed by atoms with Crippen LogP contribution in [0.3, 0.4) is 0 Å². The fourth-order valence-corrected chi connectivity index (χ4v) is 0.870. The molecule has 0 aliphatic heterocycles. The Bertz CT molecular complexity index is 200. The summed E-state index contributed by atoms with van der Waals surface area (Å²) in [6.07, 6.45) is 0.184. The molecule has 0 aliphatic rings. The van der Waals surface area contributed by atoms with Gasteiger partial charge in [-0.05, 0) is 6.42 Å². The first-order valence-electron chi connectivity index (χ1n) is 3.47. The van der Waals surface area contributed by atoms with Gasteiger partial charge in [0, 0.05) is 12.8 Å². The summed E-state index contributed by atoms with van der Waals surface area (Å²) in [6.45, 7) is 0. The molecular formula is C7H10O4S. The number of thiol groups is 1. The van der Waals surface area contributed by atoms with Gasteiger partial charge in [0.05, 0.1) is 6.42 Å². The minimum atomic E-state index is -0.931. The molecule has 5 heteroatoms. The Labute approximate surface area is 75.4 Å². The molecule has 0 aliphatic carbocycles. The Morgan fingerprint density at radius 2 is 1.75 bits per heavy atom. The van der Waals surface area contributed by atoms with Crippen molar-refractivity contribution >= 4 is 29.5 Å². The molecule has 0 saturated carbocycles. The molecule has 0 aromatic carbocycles. The van der Waals surface area contributed by atoms with E-state index in [1.54, 1.807) is 0 Å². The topological polar surface area (TPSA) is 71.4 Å². The van der Waals surface area contributed by atoms with E-state index in [1.807, 2.05) is 0 Å². The van der Waals surface area contributed by atoms with Gasteiger partial charge in [-0.15, -0.1) is 12.6 Å². The monoisotopic (exact) mass is 190 g/mol. The van der Waals surface area contributed by atoms with E-state index in [-0.39, 0.29) is 31.5 Å². The summed E-state index contributed by atoms with van der Waals surface area (Å²) in [5, 5.41) is 7.74. The van der Waals surface area contributed by atoms with Crippen molar-refractivity contribution in [3.63, 3.8) is 0 Å². The SMILES string of the molecule is O=C(O)CCCC(=O)CC(=O)S. The number of carboxylic acids is 1. The van der Waals surface area contributed by atoms with Gasteiger partial charge in [-0.1, -0.05) is 0 Å². The maximum atomic E-state index is 10.8. The van der Waals surface area contributed by atoms with Crippen molar-refractivity contribution in [1.82, 2.24) is 0 Å². The quantitative estimate of drug-likeness (QED) is 0.476. The van der Waals surface area contributed by atoms with Crippen LogP contribution < -0.4 is 0 Å². The summed E-state index contributed by atoms with van der Waals surface area (Å²) in [7, 11) is 0. The smallest absolute Gasteiger partial charge is 0.303 e. The highest BCUT2D eigenvalue weighted by Gasteiger charge is 2.06. The van der Waals surface area contributed by atoms with Gasteiger partial charge in [-0.2, -0.15) is 0 Å². The predicted molar refractivity (Wildman–Crippen MR) is 45.1 cm³/mol. The molecule has 0 amide bonds. The van der Waals surface area contributed by atoms with Crippen molar-refractivity contribution in [3.05, 3.63) is 0 Å². The molecule has 0 unspecified atom stereocenters. The molecule has 12 heavy (non-hydrogen) atoms. The molecule has 0 aromatic rings. The van der Waals surface area contributed by atoms with E-state index >= 15 is 0 Å².